The van der Waals surface area contributed by atoms with Gasteiger partial charge in [-0.3, -0.25) is 0 Å². The third-order valence-corrected chi connectivity index (χ3v) is 3.28. The molecule has 1 atom stereocenters. The van der Waals surface area contributed by atoms with Crippen LogP contribution in [-0.2, 0) is 0 Å². The van der Waals surface area contributed by atoms with Crippen LogP contribution in [0.2, 0.25) is 10.0 Å². The summed E-state index contributed by atoms with van der Waals surface area (Å²) in [6, 6.07) is 11.5. The maximum Gasteiger partial charge on any atom is 0.0552 e. The zero-order valence-corrected chi connectivity index (χ0v) is 11.9. The van der Waals surface area contributed by atoms with Gasteiger partial charge in [0.1, 0.15) is 0 Å². The largest absolute Gasteiger partial charge is 0.320 e. The van der Waals surface area contributed by atoms with Gasteiger partial charge in [-0.1, -0.05) is 52.5 Å². The third kappa shape index (κ3) is 3.05. The fourth-order valence-corrected chi connectivity index (χ4v) is 2.68. The number of hydrogen-bond donors (Lipinski definition) is 1. The quantitative estimate of drug-likeness (QED) is 0.850. The van der Waals surface area contributed by atoms with Crippen LogP contribution in [0.1, 0.15) is 28.3 Å². The molecule has 0 radical (unpaired) electrons. The van der Waals surface area contributed by atoms with Crippen molar-refractivity contribution in [1.29, 1.82) is 0 Å². The van der Waals surface area contributed by atoms with Crippen molar-refractivity contribution >= 4 is 23.2 Å². The lowest BCUT2D eigenvalue weighted by Crippen LogP contribution is -2.12. The van der Waals surface area contributed by atoms with E-state index >= 15 is 0 Å². The molecular formula is C15H15Cl2N. The highest BCUT2D eigenvalue weighted by Crippen LogP contribution is 2.27. The van der Waals surface area contributed by atoms with E-state index in [9.17, 15) is 0 Å². The average Bonchev–Trinajstić information content (AvgIpc) is 2.25. The number of aryl methyl sites for hydroxylation is 2. The molecule has 2 aromatic carbocycles. The Morgan fingerprint density at radius 1 is 0.778 bits per heavy atom. The molecular weight excluding hydrogens is 265 g/mol. The summed E-state index contributed by atoms with van der Waals surface area (Å²) in [5.41, 5.74) is 10.7. The molecule has 0 aliphatic rings. The number of benzene rings is 2. The van der Waals surface area contributed by atoms with Crippen molar-refractivity contribution in [3.8, 4) is 0 Å². The summed E-state index contributed by atoms with van der Waals surface area (Å²) < 4.78 is 0. The minimum atomic E-state index is -0.209. The highest BCUT2D eigenvalue weighted by molar-refractivity contribution is 6.34. The van der Waals surface area contributed by atoms with E-state index in [4.69, 9.17) is 28.9 Å². The minimum Gasteiger partial charge on any atom is -0.320 e. The summed E-state index contributed by atoms with van der Waals surface area (Å²) in [4.78, 5) is 0. The second kappa shape index (κ2) is 5.31. The first-order chi connectivity index (χ1) is 8.45. The van der Waals surface area contributed by atoms with Crippen molar-refractivity contribution in [2.45, 2.75) is 19.9 Å². The monoisotopic (exact) mass is 279 g/mol. The Morgan fingerprint density at radius 2 is 1.22 bits per heavy atom. The first-order valence-corrected chi connectivity index (χ1v) is 6.51. The van der Waals surface area contributed by atoms with Gasteiger partial charge in [0.25, 0.3) is 0 Å². The van der Waals surface area contributed by atoms with Gasteiger partial charge in [0, 0.05) is 10.0 Å². The van der Waals surface area contributed by atoms with Crippen molar-refractivity contribution in [3.05, 3.63) is 68.7 Å². The van der Waals surface area contributed by atoms with Gasteiger partial charge in [-0.05, 0) is 43.2 Å². The number of rotatable bonds is 2. The molecule has 0 amide bonds. The molecule has 3 heteroatoms. The van der Waals surface area contributed by atoms with Crippen LogP contribution in [0.25, 0.3) is 0 Å². The van der Waals surface area contributed by atoms with E-state index in [1.54, 1.807) is 6.07 Å². The van der Waals surface area contributed by atoms with Gasteiger partial charge in [-0.25, -0.2) is 0 Å². The van der Waals surface area contributed by atoms with Gasteiger partial charge in [0.2, 0.25) is 0 Å². The molecule has 1 nitrogen and oxygen atoms in total. The molecule has 2 N–H and O–H groups in total. The van der Waals surface area contributed by atoms with E-state index in [1.807, 2.05) is 12.1 Å². The molecule has 0 fully saturated rings. The Labute approximate surface area is 118 Å². The maximum atomic E-state index is 6.27. The summed E-state index contributed by atoms with van der Waals surface area (Å²) in [6.07, 6.45) is 0. The molecule has 0 saturated carbocycles. The standard InChI is InChI=1S/C15H15Cl2N/c1-9-3-10(2)5-11(4-9)15(18)12-6-13(16)8-14(17)7-12/h3-8,15H,18H2,1-2H3. The second-order valence-corrected chi connectivity index (χ2v) is 5.47. The predicted molar refractivity (Wildman–Crippen MR) is 78.4 cm³/mol. The van der Waals surface area contributed by atoms with Crippen LogP contribution < -0.4 is 5.73 Å². The van der Waals surface area contributed by atoms with Crippen molar-refractivity contribution in [2.75, 3.05) is 0 Å². The topological polar surface area (TPSA) is 26.0 Å². The zero-order valence-electron chi connectivity index (χ0n) is 10.4. The Kier molecular flexibility index (Phi) is 3.96. The zero-order chi connectivity index (χ0) is 13.3. The maximum absolute atomic E-state index is 6.27. The van der Waals surface area contributed by atoms with Crippen LogP contribution in [-0.4, -0.2) is 0 Å². The summed E-state index contributed by atoms with van der Waals surface area (Å²) in [6.45, 7) is 4.13. The Morgan fingerprint density at radius 3 is 1.72 bits per heavy atom. The second-order valence-electron chi connectivity index (χ2n) is 4.60. The average molecular weight is 280 g/mol. The first kappa shape index (κ1) is 13.4. The van der Waals surface area contributed by atoms with Gasteiger partial charge in [-0.2, -0.15) is 0 Å². The Bertz CT molecular complexity index is 487. The van der Waals surface area contributed by atoms with Crippen molar-refractivity contribution in [1.82, 2.24) is 0 Å². The third-order valence-electron chi connectivity index (χ3n) is 2.85. The van der Waals surface area contributed by atoms with E-state index in [2.05, 4.69) is 32.0 Å². The summed E-state index contributed by atoms with van der Waals surface area (Å²) in [5, 5.41) is 1.22. The van der Waals surface area contributed by atoms with Gasteiger partial charge in [0.15, 0.2) is 0 Å². The van der Waals surface area contributed by atoms with Crippen LogP contribution in [0.4, 0.5) is 0 Å². The molecule has 0 bridgehead atoms. The van der Waals surface area contributed by atoms with Gasteiger partial charge >= 0.3 is 0 Å². The lowest BCUT2D eigenvalue weighted by molar-refractivity contribution is 0.868. The van der Waals surface area contributed by atoms with Crippen LogP contribution >= 0.6 is 23.2 Å². The van der Waals surface area contributed by atoms with Crippen LogP contribution in [0.3, 0.4) is 0 Å². The van der Waals surface area contributed by atoms with Gasteiger partial charge in [0.05, 0.1) is 6.04 Å². The number of hydrogen-bond acceptors (Lipinski definition) is 1. The molecule has 0 spiro atoms. The highest BCUT2D eigenvalue weighted by atomic mass is 35.5. The number of halogens is 2. The van der Waals surface area contributed by atoms with E-state index in [0.717, 1.165) is 11.1 Å². The SMILES string of the molecule is Cc1cc(C)cc(C(N)c2cc(Cl)cc(Cl)c2)c1. The Balaban J connectivity index is 2.43. The minimum absolute atomic E-state index is 0.209. The first-order valence-electron chi connectivity index (χ1n) is 5.75. The van der Waals surface area contributed by atoms with Crippen molar-refractivity contribution in [2.24, 2.45) is 5.73 Å². The molecule has 0 saturated heterocycles. The van der Waals surface area contributed by atoms with E-state index in [0.29, 0.717) is 10.0 Å². The summed E-state index contributed by atoms with van der Waals surface area (Å²) in [5.74, 6) is 0. The lowest BCUT2D eigenvalue weighted by Gasteiger charge is -2.15. The van der Waals surface area contributed by atoms with Crippen LogP contribution in [0.15, 0.2) is 36.4 Å². The highest BCUT2D eigenvalue weighted by Gasteiger charge is 2.11. The summed E-state index contributed by atoms with van der Waals surface area (Å²) in [7, 11) is 0. The smallest absolute Gasteiger partial charge is 0.0552 e. The summed E-state index contributed by atoms with van der Waals surface area (Å²) >= 11 is 12.0. The molecule has 0 heterocycles. The predicted octanol–water partition coefficient (Wildman–Crippen LogP) is 4.66. The fraction of sp³-hybridized carbons (Fsp3) is 0.200. The van der Waals surface area contributed by atoms with E-state index < -0.39 is 0 Å². The fourth-order valence-electron chi connectivity index (χ4n) is 2.14. The molecule has 0 aliphatic heterocycles. The molecule has 0 aliphatic carbocycles. The molecule has 1 unspecified atom stereocenters. The van der Waals surface area contributed by atoms with E-state index in [-0.39, 0.29) is 6.04 Å². The molecule has 18 heavy (non-hydrogen) atoms. The van der Waals surface area contributed by atoms with E-state index in [1.165, 1.54) is 11.1 Å². The molecule has 2 rings (SSSR count). The molecule has 0 aromatic heterocycles. The lowest BCUT2D eigenvalue weighted by atomic mass is 9.96. The normalized spacial score (nSPS) is 12.5. The number of nitrogens with two attached hydrogens (primary N) is 1. The Hall–Kier alpha value is -1.02. The van der Waals surface area contributed by atoms with Crippen LogP contribution in [0.5, 0.6) is 0 Å². The van der Waals surface area contributed by atoms with Gasteiger partial charge in [-0.15, -0.1) is 0 Å². The molecule has 94 valence electrons. The van der Waals surface area contributed by atoms with Crippen molar-refractivity contribution in [3.63, 3.8) is 0 Å². The van der Waals surface area contributed by atoms with Crippen LogP contribution in [0, 0.1) is 13.8 Å². The molecule has 2 aromatic rings. The van der Waals surface area contributed by atoms with Crippen molar-refractivity contribution < 1.29 is 0 Å². The van der Waals surface area contributed by atoms with Gasteiger partial charge < -0.3 is 5.73 Å².